The number of hydrogen-bond acceptors (Lipinski definition) is 9. The van der Waals surface area contributed by atoms with Gasteiger partial charge in [0.2, 0.25) is 0 Å². The predicted octanol–water partition coefficient (Wildman–Crippen LogP) is 5.20. The molecule has 2 aliphatic carbocycles. The van der Waals surface area contributed by atoms with Crippen LogP contribution >= 0.6 is 0 Å². The first-order valence-corrected chi connectivity index (χ1v) is 16.8. The van der Waals surface area contributed by atoms with Gasteiger partial charge in [0.25, 0.3) is 0 Å². The number of ketones is 1. The molecule has 248 valence electrons. The van der Waals surface area contributed by atoms with E-state index in [0.717, 1.165) is 17.7 Å². The molecule has 2 fully saturated rings. The summed E-state index contributed by atoms with van der Waals surface area (Å²) in [6, 6.07) is 8.85. The number of nitrogens with one attached hydrogen (secondary N) is 1. The van der Waals surface area contributed by atoms with Crippen LogP contribution < -0.4 is 10.1 Å². The summed E-state index contributed by atoms with van der Waals surface area (Å²) in [5.41, 5.74) is 2.38. The molecule has 4 aliphatic rings. The van der Waals surface area contributed by atoms with Crippen LogP contribution in [0.3, 0.4) is 0 Å². The van der Waals surface area contributed by atoms with Crippen molar-refractivity contribution in [3.8, 4) is 23.3 Å². The summed E-state index contributed by atoms with van der Waals surface area (Å²) < 4.78 is 11.8. The zero-order valence-electron chi connectivity index (χ0n) is 27.0. The molecule has 2 aromatic rings. The Balaban J connectivity index is 1.48. The molecular formula is C38H43NO8. The number of aliphatic hydroxyl groups is 2. The van der Waals surface area contributed by atoms with Crippen molar-refractivity contribution in [2.24, 2.45) is 11.8 Å². The predicted molar refractivity (Wildman–Crippen MR) is 175 cm³/mol. The summed E-state index contributed by atoms with van der Waals surface area (Å²) in [6.07, 6.45) is 4.19. The molecule has 2 aromatic carbocycles. The maximum absolute atomic E-state index is 14.1. The maximum Gasteiger partial charge on any atom is 0.334 e. The number of aliphatic hydroxyl groups excluding tert-OH is 1. The van der Waals surface area contributed by atoms with Gasteiger partial charge in [-0.15, -0.1) is 0 Å². The number of rotatable bonds is 5. The third-order valence-corrected chi connectivity index (χ3v) is 10.4. The van der Waals surface area contributed by atoms with Crippen LogP contribution in [0.4, 0.5) is 5.69 Å². The lowest BCUT2D eigenvalue weighted by molar-refractivity contribution is -0.187. The Hall–Kier alpha value is -4.13. The van der Waals surface area contributed by atoms with Crippen molar-refractivity contribution in [3.05, 3.63) is 64.2 Å². The van der Waals surface area contributed by atoms with Crippen LogP contribution in [0.5, 0.6) is 11.5 Å². The van der Waals surface area contributed by atoms with E-state index in [-0.39, 0.29) is 55.0 Å². The van der Waals surface area contributed by atoms with Crippen LogP contribution in [-0.2, 0) is 32.1 Å². The third-order valence-electron chi connectivity index (χ3n) is 10.4. The summed E-state index contributed by atoms with van der Waals surface area (Å²) >= 11 is 0. The molecule has 0 amide bonds. The fourth-order valence-electron chi connectivity index (χ4n) is 8.04. The lowest BCUT2D eigenvalue weighted by Crippen LogP contribution is -2.57. The number of carbonyl (C=O) groups excluding carboxylic acids is 3. The van der Waals surface area contributed by atoms with Gasteiger partial charge in [-0.2, -0.15) is 0 Å². The van der Waals surface area contributed by atoms with E-state index >= 15 is 0 Å². The second-order valence-corrected chi connectivity index (χ2v) is 13.4. The van der Waals surface area contributed by atoms with Crippen molar-refractivity contribution >= 4 is 23.4 Å². The van der Waals surface area contributed by atoms with E-state index < -0.39 is 35.5 Å². The molecule has 6 unspecified atom stereocenters. The van der Waals surface area contributed by atoms with Crippen LogP contribution in [0.25, 0.3) is 0 Å². The Bertz CT molecular complexity index is 1670. The molecule has 9 nitrogen and oxygen atoms in total. The topological polar surface area (TPSA) is 142 Å². The molecule has 2 bridgehead atoms. The Morgan fingerprint density at radius 3 is 2.60 bits per heavy atom. The highest BCUT2D eigenvalue weighted by molar-refractivity contribution is 5.89. The quantitative estimate of drug-likeness (QED) is 0.150. The van der Waals surface area contributed by atoms with Crippen molar-refractivity contribution in [2.75, 3.05) is 11.9 Å². The molecular weight excluding hydrogens is 598 g/mol. The number of cyclic esters (lactones) is 1. The highest BCUT2D eigenvalue weighted by atomic mass is 16.6. The number of carbonyl (C=O) groups is 3. The lowest BCUT2D eigenvalue weighted by Gasteiger charge is -2.50. The van der Waals surface area contributed by atoms with Gasteiger partial charge in [0.1, 0.15) is 29.0 Å². The number of anilines is 1. The highest BCUT2D eigenvalue weighted by Crippen LogP contribution is 2.49. The first kappa shape index (κ1) is 32.8. The van der Waals surface area contributed by atoms with Crippen molar-refractivity contribution < 1.29 is 39.2 Å². The molecule has 9 heteroatoms. The highest BCUT2D eigenvalue weighted by Gasteiger charge is 2.52. The molecule has 2 saturated carbocycles. The van der Waals surface area contributed by atoms with Crippen LogP contribution in [0, 0.1) is 23.7 Å². The Morgan fingerprint density at radius 1 is 1.02 bits per heavy atom. The lowest BCUT2D eigenvalue weighted by atomic mass is 9.60. The smallest absolute Gasteiger partial charge is 0.334 e. The van der Waals surface area contributed by atoms with Crippen LogP contribution in [-0.4, -0.2) is 51.3 Å². The van der Waals surface area contributed by atoms with Gasteiger partial charge in [-0.3, -0.25) is 9.59 Å². The van der Waals surface area contributed by atoms with E-state index in [1.54, 1.807) is 19.1 Å². The monoisotopic (exact) mass is 641 g/mol. The van der Waals surface area contributed by atoms with Crippen LogP contribution in [0.15, 0.2) is 42.0 Å². The zero-order valence-corrected chi connectivity index (χ0v) is 27.0. The maximum atomic E-state index is 14.1. The van der Waals surface area contributed by atoms with Crippen molar-refractivity contribution in [1.82, 2.24) is 0 Å². The molecule has 6 atom stereocenters. The average molecular weight is 642 g/mol. The van der Waals surface area contributed by atoms with Gasteiger partial charge in [-0.25, -0.2) is 4.79 Å². The molecule has 0 spiro atoms. The van der Waals surface area contributed by atoms with Gasteiger partial charge in [-0.05, 0) is 86.3 Å². The number of esters is 2. The number of phenolic OH excluding ortho intramolecular Hbond substituents is 1. The van der Waals surface area contributed by atoms with E-state index in [1.807, 2.05) is 25.1 Å². The number of ether oxygens (including phenoxy) is 2. The Labute approximate surface area is 275 Å². The third kappa shape index (κ3) is 6.67. The second kappa shape index (κ2) is 13.5. The normalized spacial score (nSPS) is 30.0. The molecule has 2 aliphatic heterocycles. The molecule has 0 saturated heterocycles. The summed E-state index contributed by atoms with van der Waals surface area (Å²) in [5.74, 6) is 4.66. The first-order valence-electron chi connectivity index (χ1n) is 16.8. The molecule has 6 rings (SSSR count). The summed E-state index contributed by atoms with van der Waals surface area (Å²) in [6.45, 7) is 4.24. The van der Waals surface area contributed by atoms with Crippen LogP contribution in [0.2, 0.25) is 0 Å². The minimum atomic E-state index is -1.40. The minimum absolute atomic E-state index is 0.00269. The van der Waals surface area contributed by atoms with Crippen molar-refractivity contribution in [3.63, 3.8) is 0 Å². The molecule has 2 heterocycles. The molecule has 0 radical (unpaired) electrons. The van der Waals surface area contributed by atoms with Gasteiger partial charge in [-0.1, -0.05) is 30.4 Å². The number of allylic oxidation sites excluding steroid dienone is 1. The number of benzene rings is 2. The number of fused-ring (bicyclic) bond motifs is 2. The summed E-state index contributed by atoms with van der Waals surface area (Å²) in [7, 11) is 0. The standard InChI is InChI=1S/C38H43NO8/c1-3-23-14-24(27-12-22(21-40)13-29(15-27)39-4-2)7-8-25-19-36(43)46-34-20-33(42)28(17-31(25)34)18-35(47-37(23)44)38(45)11-5-6-26-16-30(41)9-10-32(26)38/h3,12-13,15,17,20,24-26,32,35,39-40,42,45H,4-6,9-11,14,16,18-19,21H2,1-2H3. The van der Waals surface area contributed by atoms with E-state index in [1.165, 1.54) is 6.07 Å². The van der Waals surface area contributed by atoms with Gasteiger partial charge in [0, 0.05) is 54.6 Å². The SMILES string of the molecule is CC=C1CC(c2cc(CO)cc(NCC)c2)C#CC2CC(=O)Oc3cc(O)c(cc32)CC(C2(O)CCCC3CC(=O)CCC32)OC1=O. The molecule has 47 heavy (non-hydrogen) atoms. The number of aromatic hydroxyl groups is 1. The Kier molecular flexibility index (Phi) is 9.45. The average Bonchev–Trinajstić information content (AvgIpc) is 3.05. The van der Waals surface area contributed by atoms with Gasteiger partial charge in [0.05, 0.1) is 18.9 Å². The number of hydrogen-bond donors (Lipinski definition) is 4. The van der Waals surface area contributed by atoms with E-state index in [4.69, 9.17) is 9.47 Å². The van der Waals surface area contributed by atoms with Gasteiger partial charge >= 0.3 is 11.9 Å². The van der Waals surface area contributed by atoms with E-state index in [0.29, 0.717) is 60.9 Å². The molecule has 4 N–H and O–H groups in total. The van der Waals surface area contributed by atoms with Crippen molar-refractivity contribution in [2.45, 2.75) is 102 Å². The van der Waals surface area contributed by atoms with E-state index in [9.17, 15) is 29.7 Å². The first-order chi connectivity index (χ1) is 22.6. The van der Waals surface area contributed by atoms with Crippen LogP contribution in [0.1, 0.15) is 99.3 Å². The number of Topliss-reactive ketones (excluding diaryl/α,β-unsaturated/α-hetero) is 1. The summed E-state index contributed by atoms with van der Waals surface area (Å²) in [5, 5.41) is 37.0. The largest absolute Gasteiger partial charge is 0.508 e. The van der Waals surface area contributed by atoms with Crippen molar-refractivity contribution in [1.29, 1.82) is 0 Å². The fraction of sp³-hybridized carbons (Fsp3) is 0.500. The minimum Gasteiger partial charge on any atom is -0.508 e. The number of phenols is 1. The van der Waals surface area contributed by atoms with E-state index in [2.05, 4.69) is 17.2 Å². The zero-order chi connectivity index (χ0) is 33.3. The second-order valence-electron chi connectivity index (χ2n) is 13.4. The summed E-state index contributed by atoms with van der Waals surface area (Å²) in [4.78, 5) is 39.1. The van der Waals surface area contributed by atoms with Gasteiger partial charge in [0.15, 0.2) is 0 Å². The molecule has 0 aromatic heterocycles. The Morgan fingerprint density at radius 2 is 1.83 bits per heavy atom. The van der Waals surface area contributed by atoms with Gasteiger partial charge < -0.3 is 30.1 Å². The fourth-order valence-corrected chi connectivity index (χ4v) is 8.04.